The Morgan fingerprint density at radius 3 is 1.24 bits per heavy atom. The molecule has 0 aliphatic carbocycles. The van der Waals surface area contributed by atoms with E-state index in [-0.39, 0.29) is 72.5 Å². The molecule has 0 aromatic heterocycles. The van der Waals surface area contributed by atoms with Gasteiger partial charge in [-0.25, -0.2) is 0 Å². The van der Waals surface area contributed by atoms with E-state index < -0.39 is 5.97 Å². The summed E-state index contributed by atoms with van der Waals surface area (Å²) in [5.74, 6) is -2.45. The van der Waals surface area contributed by atoms with Gasteiger partial charge in [-0.2, -0.15) is 0 Å². The number of amides is 4. The van der Waals surface area contributed by atoms with Crippen molar-refractivity contribution in [2.24, 2.45) is 0 Å². The fourth-order valence-electron chi connectivity index (χ4n) is 7.37. The van der Waals surface area contributed by atoms with Crippen LogP contribution in [-0.2, 0) is 24.0 Å². The van der Waals surface area contributed by atoms with E-state index in [1.54, 1.807) is 86.9 Å². The zero-order valence-electron chi connectivity index (χ0n) is 38.5. The van der Waals surface area contributed by atoms with Crippen LogP contribution in [0.3, 0.4) is 0 Å². The molecule has 2 fully saturated rings. The lowest BCUT2D eigenvalue weighted by Crippen LogP contribution is -2.44. The minimum absolute atomic E-state index is 0.161. The number of likely N-dealkylation sites (N-methyl/N-ethyl adjacent to an activating group) is 2. The number of aliphatic carboxylic acids is 1. The maximum atomic E-state index is 13.1. The van der Waals surface area contributed by atoms with Gasteiger partial charge in [-0.15, -0.1) is 0 Å². The molecule has 3 N–H and O–H groups in total. The van der Waals surface area contributed by atoms with Crippen LogP contribution in [0.2, 0.25) is 20.1 Å². The molecule has 4 amide bonds. The standard InChI is InChI=1S/2C23H25Cl2N3O3.C4H8O2/c2*1-27(22(30)14-26-21(29)15-28-11-5-2-6-12-28)20-10-9-16(24)13-18(20)23(31)17-7-3-4-8-19(17)25;1-2-3-4(5)6/h2*3-4,7-10,13H,2,5-6,11-12,14-15H2,1H3,(H,26,29);2-3H2,1H3,(H,5,6). The molecule has 0 spiro atoms. The molecule has 2 aliphatic rings. The normalized spacial score (nSPS) is 13.6. The Kier molecular flexibility index (Phi) is 22.9. The zero-order chi connectivity index (χ0) is 49.8. The van der Waals surface area contributed by atoms with Gasteiger partial charge in [-0.3, -0.25) is 43.4 Å². The highest BCUT2D eigenvalue weighted by Gasteiger charge is 2.25. The minimum atomic E-state index is -0.711. The number of halogens is 4. The van der Waals surface area contributed by atoms with Crippen LogP contribution in [0, 0.1) is 0 Å². The number of carbonyl (C=O) groups excluding carboxylic acids is 6. The van der Waals surface area contributed by atoms with Crippen molar-refractivity contribution in [2.45, 2.75) is 58.3 Å². The Bertz CT molecular complexity index is 2250. The SMILES string of the molecule is CCCC(=O)O.CN(C(=O)CNC(=O)CN1CCCCC1)c1ccc(Cl)cc1C(=O)c1ccccc1Cl.CN(C(=O)CNC(=O)CN1CCCCC1)c1ccc(Cl)cc1C(=O)c1ccccc1Cl. The lowest BCUT2D eigenvalue weighted by Gasteiger charge is -2.26. The second-order valence-corrected chi connectivity index (χ2v) is 17.9. The van der Waals surface area contributed by atoms with Crippen molar-refractivity contribution >= 4 is 98.9 Å². The third-order valence-corrected chi connectivity index (χ3v) is 12.2. The molecule has 18 heteroatoms. The van der Waals surface area contributed by atoms with Gasteiger partial charge >= 0.3 is 5.97 Å². The van der Waals surface area contributed by atoms with Gasteiger partial charge in [0, 0.05) is 52.8 Å². The molecular weight excluding hydrogens is 954 g/mol. The summed E-state index contributed by atoms with van der Waals surface area (Å²) in [5.41, 5.74) is 1.95. The van der Waals surface area contributed by atoms with E-state index in [0.29, 0.717) is 49.0 Å². The monoisotopic (exact) mass is 1010 g/mol. The van der Waals surface area contributed by atoms with Crippen LogP contribution < -0.4 is 20.4 Å². The zero-order valence-corrected chi connectivity index (χ0v) is 41.5. The maximum Gasteiger partial charge on any atom is 0.303 e. The van der Waals surface area contributed by atoms with Crippen LogP contribution in [0.25, 0.3) is 0 Å². The Morgan fingerprint density at radius 2 is 0.912 bits per heavy atom. The first kappa shape index (κ1) is 55.2. The predicted octanol–water partition coefficient (Wildman–Crippen LogP) is 8.45. The number of rotatable bonds is 16. The number of benzene rings is 4. The molecule has 2 heterocycles. The van der Waals surface area contributed by atoms with Gasteiger partial charge < -0.3 is 25.5 Å². The van der Waals surface area contributed by atoms with E-state index >= 15 is 0 Å². The second kappa shape index (κ2) is 28.2. The molecule has 68 heavy (non-hydrogen) atoms. The van der Waals surface area contributed by atoms with Gasteiger partial charge in [0.1, 0.15) is 0 Å². The quantitative estimate of drug-likeness (QED) is 0.0924. The van der Waals surface area contributed by atoms with Crippen molar-refractivity contribution in [3.05, 3.63) is 127 Å². The largest absolute Gasteiger partial charge is 0.481 e. The number of nitrogens with one attached hydrogen (secondary N) is 2. The topological polar surface area (TPSA) is 177 Å². The lowest BCUT2D eigenvalue weighted by atomic mass is 10.0. The number of carbonyl (C=O) groups is 7. The van der Waals surface area contributed by atoms with Crippen LogP contribution in [0.15, 0.2) is 84.9 Å². The van der Waals surface area contributed by atoms with Crippen molar-refractivity contribution in [3.8, 4) is 0 Å². The number of hydrogen-bond donors (Lipinski definition) is 3. The number of ketones is 2. The first-order chi connectivity index (χ1) is 32.5. The number of carboxylic acid groups (broad SMARTS) is 1. The van der Waals surface area contributed by atoms with E-state index in [9.17, 15) is 33.6 Å². The molecule has 4 aromatic rings. The molecule has 0 saturated carbocycles. The molecule has 0 atom stereocenters. The summed E-state index contributed by atoms with van der Waals surface area (Å²) in [5, 5.41) is 14.6. The minimum Gasteiger partial charge on any atom is -0.481 e. The molecule has 4 aromatic carbocycles. The Morgan fingerprint density at radius 1 is 0.544 bits per heavy atom. The summed E-state index contributed by atoms with van der Waals surface area (Å²) in [7, 11) is 3.12. The molecule has 364 valence electrons. The average molecular weight is 1010 g/mol. The smallest absolute Gasteiger partial charge is 0.303 e. The highest BCUT2D eigenvalue weighted by atomic mass is 35.5. The predicted molar refractivity (Wildman–Crippen MR) is 269 cm³/mol. The summed E-state index contributed by atoms with van der Waals surface area (Å²) in [4.78, 5) is 92.5. The Balaban J connectivity index is 0.000000265. The first-order valence-corrected chi connectivity index (χ1v) is 23.9. The van der Waals surface area contributed by atoms with Crippen LogP contribution in [0.1, 0.15) is 90.1 Å². The van der Waals surface area contributed by atoms with Crippen LogP contribution in [-0.4, -0.2) is 123 Å². The second-order valence-electron chi connectivity index (χ2n) is 16.2. The molecule has 0 bridgehead atoms. The Labute approximate surface area is 417 Å². The first-order valence-electron chi connectivity index (χ1n) is 22.4. The van der Waals surface area contributed by atoms with Crippen molar-refractivity contribution in [1.82, 2.24) is 20.4 Å². The molecule has 6 rings (SSSR count). The van der Waals surface area contributed by atoms with Gasteiger partial charge in [0.05, 0.1) is 47.6 Å². The molecule has 2 saturated heterocycles. The van der Waals surface area contributed by atoms with E-state index in [2.05, 4.69) is 20.4 Å². The number of piperidine rings is 2. The van der Waals surface area contributed by atoms with Gasteiger partial charge in [0.15, 0.2) is 11.6 Å². The van der Waals surface area contributed by atoms with Crippen molar-refractivity contribution < 1.29 is 38.7 Å². The van der Waals surface area contributed by atoms with E-state index in [0.717, 1.165) is 58.3 Å². The van der Waals surface area contributed by atoms with Gasteiger partial charge in [0.25, 0.3) is 0 Å². The average Bonchev–Trinajstić information content (AvgIpc) is 3.33. The van der Waals surface area contributed by atoms with Crippen molar-refractivity contribution in [2.75, 3.05) is 76.3 Å². The molecule has 0 unspecified atom stereocenters. The summed E-state index contributed by atoms with van der Waals surface area (Å²) in [6.07, 6.45) is 7.77. The third kappa shape index (κ3) is 17.3. The van der Waals surface area contributed by atoms with Crippen molar-refractivity contribution in [1.29, 1.82) is 0 Å². The summed E-state index contributed by atoms with van der Waals surface area (Å²) in [6, 6.07) is 22.9. The van der Waals surface area contributed by atoms with Crippen LogP contribution in [0.4, 0.5) is 11.4 Å². The number of anilines is 2. The fraction of sp³-hybridized carbons (Fsp3) is 0.380. The number of likely N-dealkylation sites (tertiary alicyclic amines) is 2. The fourth-order valence-corrected chi connectivity index (χ4v) is 8.15. The molecule has 2 aliphatic heterocycles. The van der Waals surface area contributed by atoms with E-state index in [4.69, 9.17) is 51.5 Å². The number of hydrogen-bond acceptors (Lipinski definition) is 9. The van der Waals surface area contributed by atoms with Gasteiger partial charge in [-0.1, -0.05) is 90.4 Å². The van der Waals surface area contributed by atoms with Crippen LogP contribution in [0.5, 0.6) is 0 Å². The lowest BCUT2D eigenvalue weighted by molar-refractivity contribution is -0.137. The highest BCUT2D eigenvalue weighted by molar-refractivity contribution is 6.37. The summed E-state index contributed by atoms with van der Waals surface area (Å²) in [6.45, 7) is 5.70. The molecule has 0 radical (unpaired) electrons. The Hall–Kier alpha value is -5.35. The highest BCUT2D eigenvalue weighted by Crippen LogP contribution is 2.30. The number of nitrogens with zero attached hydrogens (tertiary/aromatic N) is 4. The molecular formula is C50H58Cl4N6O8. The van der Waals surface area contributed by atoms with E-state index in [1.807, 2.05) is 6.92 Å². The summed E-state index contributed by atoms with van der Waals surface area (Å²) < 4.78 is 0. The van der Waals surface area contributed by atoms with Crippen molar-refractivity contribution in [3.63, 3.8) is 0 Å². The maximum absolute atomic E-state index is 13.1. The summed E-state index contributed by atoms with van der Waals surface area (Å²) >= 11 is 24.6. The van der Waals surface area contributed by atoms with Crippen LogP contribution >= 0.6 is 46.4 Å². The third-order valence-electron chi connectivity index (χ3n) is 11.1. The van der Waals surface area contributed by atoms with Gasteiger partial charge in [0.2, 0.25) is 23.6 Å². The van der Waals surface area contributed by atoms with E-state index in [1.165, 1.54) is 34.8 Å². The molecule has 14 nitrogen and oxygen atoms in total. The number of carboxylic acids is 1. The van der Waals surface area contributed by atoms with Gasteiger partial charge in [-0.05, 0) is 119 Å².